The molecule has 14 aromatic carbocycles. The molecule has 81 heavy (non-hydrogen) atoms. The van der Waals surface area contributed by atoms with E-state index in [9.17, 15) is 0 Å². The Morgan fingerprint density at radius 2 is 0.494 bits per heavy atom. The molecule has 0 fully saturated rings. The maximum atomic E-state index is 2.46. The van der Waals surface area contributed by atoms with Crippen LogP contribution in [0, 0.1) is 0 Å². The van der Waals surface area contributed by atoms with Crippen molar-refractivity contribution in [2.24, 2.45) is 0 Å². The zero-order valence-corrected chi connectivity index (χ0v) is 44.5. The summed E-state index contributed by atoms with van der Waals surface area (Å²) in [6.07, 6.45) is 0. The monoisotopic (exact) mass is 1030 g/mol. The highest BCUT2D eigenvalue weighted by molar-refractivity contribution is 6.15. The number of fused-ring (bicyclic) bond motifs is 6. The second kappa shape index (κ2) is 20.3. The van der Waals surface area contributed by atoms with Crippen molar-refractivity contribution in [3.05, 3.63) is 322 Å². The lowest BCUT2D eigenvalue weighted by molar-refractivity contribution is 1.18. The van der Waals surface area contributed by atoms with Gasteiger partial charge in [-0.25, -0.2) is 0 Å². The molecule has 0 saturated carbocycles. The highest BCUT2D eigenvalue weighted by atomic mass is 15.0. The van der Waals surface area contributed by atoms with Gasteiger partial charge in [-0.2, -0.15) is 0 Å². The van der Waals surface area contributed by atoms with Gasteiger partial charge < -0.3 is 4.57 Å². The van der Waals surface area contributed by atoms with Crippen molar-refractivity contribution in [2.45, 2.75) is 0 Å². The molecule has 0 spiro atoms. The van der Waals surface area contributed by atoms with Crippen LogP contribution in [0.15, 0.2) is 322 Å². The molecule has 1 heterocycles. The molecule has 0 bridgehead atoms. The summed E-state index contributed by atoms with van der Waals surface area (Å²) >= 11 is 0. The van der Waals surface area contributed by atoms with Gasteiger partial charge in [-0.05, 0) is 176 Å². The highest BCUT2D eigenvalue weighted by Crippen LogP contribution is 2.44. The van der Waals surface area contributed by atoms with Crippen molar-refractivity contribution in [1.82, 2.24) is 4.57 Å². The van der Waals surface area contributed by atoms with Crippen molar-refractivity contribution >= 4 is 43.4 Å². The van der Waals surface area contributed by atoms with E-state index in [-0.39, 0.29) is 0 Å². The van der Waals surface area contributed by atoms with Crippen LogP contribution in [-0.2, 0) is 0 Å². The Balaban J connectivity index is 0.890. The predicted molar refractivity (Wildman–Crippen MR) is 345 cm³/mol. The van der Waals surface area contributed by atoms with E-state index in [2.05, 4.69) is 326 Å². The second-order valence-corrected chi connectivity index (χ2v) is 21.2. The van der Waals surface area contributed by atoms with Gasteiger partial charge >= 0.3 is 0 Å². The average molecular weight is 1030 g/mol. The quantitative estimate of drug-likeness (QED) is 0.120. The third-order valence-electron chi connectivity index (χ3n) is 16.5. The summed E-state index contributed by atoms with van der Waals surface area (Å²) in [7, 11) is 0. The van der Waals surface area contributed by atoms with E-state index < -0.39 is 0 Å². The number of nitrogens with zero attached hydrogens (tertiary/aromatic N) is 1. The molecule has 0 unspecified atom stereocenters. The third-order valence-corrected chi connectivity index (χ3v) is 16.5. The molecule has 0 aliphatic heterocycles. The van der Waals surface area contributed by atoms with Crippen LogP contribution in [0.25, 0.3) is 149 Å². The first-order chi connectivity index (χ1) is 40.1. The molecule has 1 nitrogen and oxygen atoms in total. The van der Waals surface area contributed by atoms with Gasteiger partial charge in [-0.1, -0.05) is 267 Å². The molecule has 0 N–H and O–H groups in total. The largest absolute Gasteiger partial charge is 0.309 e. The molecule has 0 atom stereocenters. The Hall–Kier alpha value is -10.6. The Morgan fingerprint density at radius 3 is 0.963 bits per heavy atom. The van der Waals surface area contributed by atoms with Crippen LogP contribution in [0.2, 0.25) is 0 Å². The molecular weight excluding hydrogens is 975 g/mol. The Morgan fingerprint density at radius 1 is 0.160 bits per heavy atom. The normalized spacial score (nSPS) is 11.5. The van der Waals surface area contributed by atoms with Crippen LogP contribution in [0.3, 0.4) is 0 Å². The standard InChI is InChI=1S/C80H53N/c1-5-17-54(18-6-1)56-29-33-58(34-30-56)63-39-45-70(74(49-63)60-21-9-3-10-22-60)66-41-47-79-77(52-66)78-53-67(71-46-40-64(50-75(71)61-23-11-4-12-24-61)59-35-31-57(32-36-59)55-19-7-2-8-20-55)42-48-80(78)81(79)68-43-37-62(38-44-68)76-51-65-25-13-14-26-69(65)72-27-15-16-28-73(72)76/h1-53H. The minimum Gasteiger partial charge on any atom is -0.309 e. The maximum Gasteiger partial charge on any atom is 0.0541 e. The van der Waals surface area contributed by atoms with Crippen molar-refractivity contribution in [3.8, 4) is 106 Å². The summed E-state index contributed by atoms with van der Waals surface area (Å²) in [4.78, 5) is 0. The summed E-state index contributed by atoms with van der Waals surface area (Å²) in [5.74, 6) is 0. The number of aromatic nitrogens is 1. The van der Waals surface area contributed by atoms with E-state index in [4.69, 9.17) is 0 Å². The van der Waals surface area contributed by atoms with Gasteiger partial charge in [0, 0.05) is 16.5 Å². The average Bonchev–Trinajstić information content (AvgIpc) is 4.07. The molecule has 0 amide bonds. The lowest BCUT2D eigenvalue weighted by Gasteiger charge is -2.15. The SMILES string of the molecule is c1ccc(-c2ccc(-c3ccc(-c4ccc5c(c4)c4cc(-c6ccc(-c7ccc(-c8ccccc8)cc7)cc6-c6ccccc6)ccc4n5-c4ccc(-c5cc6ccccc6c6ccccc56)cc4)c(-c4ccccc4)c3)cc2)cc1. The van der Waals surface area contributed by atoms with Gasteiger partial charge in [0.05, 0.1) is 11.0 Å². The molecule has 0 radical (unpaired) electrons. The molecule has 0 aliphatic carbocycles. The first-order valence-electron chi connectivity index (χ1n) is 28.0. The van der Waals surface area contributed by atoms with Crippen LogP contribution >= 0.6 is 0 Å². The van der Waals surface area contributed by atoms with Crippen LogP contribution in [0.5, 0.6) is 0 Å². The van der Waals surface area contributed by atoms with Crippen LogP contribution in [-0.4, -0.2) is 4.57 Å². The molecule has 0 saturated heterocycles. The van der Waals surface area contributed by atoms with Crippen molar-refractivity contribution in [3.63, 3.8) is 0 Å². The van der Waals surface area contributed by atoms with E-state index >= 15 is 0 Å². The Bertz CT molecular complexity index is 4560. The van der Waals surface area contributed by atoms with Crippen LogP contribution in [0.4, 0.5) is 0 Å². The molecular formula is C80H53N. The van der Waals surface area contributed by atoms with E-state index in [0.29, 0.717) is 0 Å². The Labute approximate surface area is 472 Å². The van der Waals surface area contributed by atoms with Gasteiger partial charge in [-0.15, -0.1) is 0 Å². The van der Waals surface area contributed by atoms with Crippen LogP contribution < -0.4 is 0 Å². The highest BCUT2D eigenvalue weighted by Gasteiger charge is 2.19. The van der Waals surface area contributed by atoms with Crippen molar-refractivity contribution < 1.29 is 0 Å². The first kappa shape index (κ1) is 47.6. The van der Waals surface area contributed by atoms with Crippen LogP contribution in [0.1, 0.15) is 0 Å². The van der Waals surface area contributed by atoms with Gasteiger partial charge in [0.15, 0.2) is 0 Å². The third kappa shape index (κ3) is 8.79. The maximum absolute atomic E-state index is 2.46. The van der Waals surface area contributed by atoms with E-state index in [1.165, 1.54) is 132 Å². The fraction of sp³-hybridized carbons (Fsp3) is 0. The summed E-state index contributed by atoms with van der Waals surface area (Å²) in [6.45, 7) is 0. The molecule has 15 rings (SSSR count). The fourth-order valence-corrected chi connectivity index (χ4v) is 12.4. The molecule has 1 aromatic heterocycles. The number of hydrogen-bond acceptors (Lipinski definition) is 0. The molecule has 15 aromatic rings. The fourth-order valence-electron chi connectivity index (χ4n) is 12.4. The lowest BCUT2D eigenvalue weighted by atomic mass is 9.89. The minimum atomic E-state index is 1.12. The summed E-state index contributed by atoms with van der Waals surface area (Å²) in [5, 5.41) is 7.45. The van der Waals surface area contributed by atoms with E-state index in [0.717, 1.165) is 16.7 Å². The zero-order valence-electron chi connectivity index (χ0n) is 44.5. The first-order valence-corrected chi connectivity index (χ1v) is 28.0. The zero-order chi connectivity index (χ0) is 53.6. The minimum absolute atomic E-state index is 1.12. The number of rotatable bonds is 10. The number of benzene rings is 14. The lowest BCUT2D eigenvalue weighted by Crippen LogP contribution is -1.94. The molecule has 0 aliphatic rings. The summed E-state index contributed by atoms with van der Waals surface area (Å²) < 4.78 is 2.46. The van der Waals surface area contributed by atoms with E-state index in [1.54, 1.807) is 0 Å². The van der Waals surface area contributed by atoms with Gasteiger partial charge in [-0.3, -0.25) is 0 Å². The predicted octanol–water partition coefficient (Wildman–Crippen LogP) is 22.1. The topological polar surface area (TPSA) is 4.93 Å². The molecule has 1 heteroatoms. The number of hydrogen-bond donors (Lipinski definition) is 0. The summed E-state index contributed by atoms with van der Waals surface area (Å²) in [5.41, 5.74) is 24.9. The van der Waals surface area contributed by atoms with Gasteiger partial charge in [0.2, 0.25) is 0 Å². The second-order valence-electron chi connectivity index (χ2n) is 21.2. The Kier molecular flexibility index (Phi) is 11.9. The van der Waals surface area contributed by atoms with Crippen molar-refractivity contribution in [1.29, 1.82) is 0 Å². The van der Waals surface area contributed by atoms with E-state index in [1.807, 2.05) is 0 Å². The summed E-state index contributed by atoms with van der Waals surface area (Å²) in [6, 6.07) is 118. The van der Waals surface area contributed by atoms with Gasteiger partial charge in [0.25, 0.3) is 0 Å². The van der Waals surface area contributed by atoms with Crippen molar-refractivity contribution in [2.75, 3.05) is 0 Å². The smallest absolute Gasteiger partial charge is 0.0541 e. The molecule has 378 valence electrons. The van der Waals surface area contributed by atoms with Gasteiger partial charge in [0.1, 0.15) is 0 Å².